The van der Waals surface area contributed by atoms with Crippen LogP contribution in [0.3, 0.4) is 0 Å². The lowest BCUT2D eigenvalue weighted by Crippen LogP contribution is -2.40. The molecule has 13 heavy (non-hydrogen) atoms. The van der Waals surface area contributed by atoms with Crippen LogP contribution in [0.2, 0.25) is 0 Å². The van der Waals surface area contributed by atoms with Crippen molar-refractivity contribution in [1.82, 2.24) is 0 Å². The van der Waals surface area contributed by atoms with Gasteiger partial charge < -0.3 is 21.3 Å². The molecular formula is C6H12N2O4S. The van der Waals surface area contributed by atoms with Crippen molar-refractivity contribution in [2.45, 2.75) is 12.1 Å². The number of hydrogen-bond acceptors (Lipinski definition) is 6. The number of rotatable bonds is 5. The van der Waals surface area contributed by atoms with Gasteiger partial charge in [0, 0.05) is 5.75 Å². The third-order valence-corrected chi connectivity index (χ3v) is 1.62. The second-order valence-electron chi connectivity index (χ2n) is 2.36. The lowest BCUT2D eigenvalue weighted by atomic mass is 10.3. The molecule has 7 heteroatoms. The van der Waals surface area contributed by atoms with Crippen molar-refractivity contribution in [2.24, 2.45) is 11.5 Å². The molecule has 0 aliphatic rings. The fraction of sp³-hybridized carbons (Fsp3) is 0.667. The summed E-state index contributed by atoms with van der Waals surface area (Å²) in [5, 5.41) is 8.33. The van der Waals surface area contributed by atoms with E-state index in [2.05, 4.69) is 17.4 Å². The summed E-state index contributed by atoms with van der Waals surface area (Å²) in [6, 6.07) is -2.06. The Morgan fingerprint density at radius 3 is 2.31 bits per heavy atom. The third-order valence-electron chi connectivity index (χ3n) is 1.22. The summed E-state index contributed by atoms with van der Waals surface area (Å²) in [4.78, 5) is 21.0. The highest BCUT2D eigenvalue weighted by Gasteiger charge is 2.17. The number of carbonyl (C=O) groups is 2. The maximum absolute atomic E-state index is 10.9. The van der Waals surface area contributed by atoms with Gasteiger partial charge in [-0.15, -0.1) is 0 Å². The first-order valence-electron chi connectivity index (χ1n) is 3.50. The van der Waals surface area contributed by atoms with Crippen molar-refractivity contribution in [3.8, 4) is 0 Å². The van der Waals surface area contributed by atoms with Crippen LogP contribution in [0.25, 0.3) is 0 Å². The molecule has 5 N–H and O–H groups in total. The van der Waals surface area contributed by atoms with E-state index in [1.165, 1.54) is 0 Å². The molecule has 0 saturated heterocycles. The van der Waals surface area contributed by atoms with Gasteiger partial charge in [-0.2, -0.15) is 12.6 Å². The Morgan fingerprint density at radius 2 is 1.92 bits per heavy atom. The van der Waals surface area contributed by atoms with Gasteiger partial charge in [-0.3, -0.25) is 9.59 Å². The number of ether oxygens (including phenoxy) is 1. The maximum atomic E-state index is 10.9. The van der Waals surface area contributed by atoms with Crippen molar-refractivity contribution in [1.29, 1.82) is 0 Å². The molecule has 0 aliphatic heterocycles. The smallest absolute Gasteiger partial charge is 0.324 e. The summed E-state index contributed by atoms with van der Waals surface area (Å²) in [7, 11) is 0. The van der Waals surface area contributed by atoms with Crippen molar-refractivity contribution >= 4 is 24.6 Å². The van der Waals surface area contributed by atoms with Crippen LogP contribution in [0.4, 0.5) is 0 Å². The summed E-state index contributed by atoms with van der Waals surface area (Å²) >= 11 is 3.77. The van der Waals surface area contributed by atoms with Crippen molar-refractivity contribution in [3.63, 3.8) is 0 Å². The average Bonchev–Trinajstić information content (AvgIpc) is 2.11. The normalized spacial score (nSPS) is 14.7. The maximum Gasteiger partial charge on any atom is 0.324 e. The van der Waals surface area contributed by atoms with E-state index in [1.54, 1.807) is 0 Å². The Morgan fingerprint density at radius 1 is 1.38 bits per heavy atom. The van der Waals surface area contributed by atoms with E-state index < -0.39 is 24.0 Å². The van der Waals surface area contributed by atoms with Crippen LogP contribution in [0.15, 0.2) is 0 Å². The molecule has 0 aromatic rings. The number of carboxylic acid groups (broad SMARTS) is 1. The van der Waals surface area contributed by atoms with Gasteiger partial charge in [0.2, 0.25) is 0 Å². The molecule has 0 amide bonds. The Balaban J connectivity index is 3.76. The molecule has 0 aromatic heterocycles. The molecule has 0 radical (unpaired) electrons. The van der Waals surface area contributed by atoms with Crippen LogP contribution in [-0.4, -0.2) is 41.5 Å². The number of carboxylic acids is 1. The summed E-state index contributed by atoms with van der Waals surface area (Å²) in [5.41, 5.74) is 10.3. The number of esters is 1. The molecular weight excluding hydrogens is 196 g/mol. The van der Waals surface area contributed by atoms with Gasteiger partial charge in [0.05, 0.1) is 0 Å². The Kier molecular flexibility index (Phi) is 5.44. The van der Waals surface area contributed by atoms with Crippen LogP contribution in [0, 0.1) is 0 Å². The fourth-order valence-corrected chi connectivity index (χ4v) is 0.574. The quantitative estimate of drug-likeness (QED) is 0.313. The van der Waals surface area contributed by atoms with E-state index >= 15 is 0 Å². The zero-order valence-corrected chi connectivity index (χ0v) is 7.74. The molecule has 0 aliphatic carbocycles. The zero-order chi connectivity index (χ0) is 10.4. The van der Waals surface area contributed by atoms with E-state index in [0.717, 1.165) is 0 Å². The predicted molar refractivity (Wildman–Crippen MR) is 48.4 cm³/mol. The summed E-state index contributed by atoms with van der Waals surface area (Å²) < 4.78 is 4.50. The lowest BCUT2D eigenvalue weighted by Gasteiger charge is -2.10. The minimum Gasteiger partial charge on any atom is -0.480 e. The number of nitrogens with two attached hydrogens (primary N) is 2. The standard InChI is InChI=1S/C6H12N2O4S/c7-3(5(9)10)1-12-6(11)4(8)2-13/h3-4,13H,1-2,7-8H2,(H,9,10)/t3-,4+/m1/s1. The van der Waals surface area contributed by atoms with Crippen molar-refractivity contribution in [3.05, 3.63) is 0 Å². The van der Waals surface area contributed by atoms with Crippen LogP contribution < -0.4 is 11.5 Å². The molecule has 0 spiro atoms. The highest BCUT2D eigenvalue weighted by atomic mass is 32.1. The van der Waals surface area contributed by atoms with Gasteiger partial charge in [-0.1, -0.05) is 0 Å². The first kappa shape index (κ1) is 12.2. The molecule has 0 unspecified atom stereocenters. The van der Waals surface area contributed by atoms with E-state index in [9.17, 15) is 9.59 Å². The lowest BCUT2D eigenvalue weighted by molar-refractivity contribution is -0.148. The molecule has 0 aromatic carbocycles. The summed E-state index contributed by atoms with van der Waals surface area (Å²) in [6.45, 7) is -0.379. The van der Waals surface area contributed by atoms with Gasteiger partial charge in [0.15, 0.2) is 0 Å². The van der Waals surface area contributed by atoms with E-state index in [0.29, 0.717) is 0 Å². The Hall–Kier alpha value is -0.790. The SMILES string of the molecule is N[C@H](COC(=O)[C@@H](N)CS)C(=O)O. The monoisotopic (exact) mass is 208 g/mol. The zero-order valence-electron chi connectivity index (χ0n) is 6.84. The first-order valence-corrected chi connectivity index (χ1v) is 4.13. The molecule has 0 heterocycles. The van der Waals surface area contributed by atoms with Crippen molar-refractivity contribution in [2.75, 3.05) is 12.4 Å². The Bertz CT molecular complexity index is 199. The van der Waals surface area contributed by atoms with Gasteiger partial charge >= 0.3 is 11.9 Å². The number of hydrogen-bond donors (Lipinski definition) is 4. The Labute approximate surface area is 80.6 Å². The number of aliphatic carboxylic acids is 1. The topological polar surface area (TPSA) is 116 Å². The molecule has 76 valence electrons. The number of carbonyl (C=O) groups excluding carboxylic acids is 1. The van der Waals surface area contributed by atoms with Crippen molar-refractivity contribution < 1.29 is 19.4 Å². The molecule has 0 saturated carbocycles. The predicted octanol–water partition coefficient (Wildman–Crippen LogP) is -1.80. The van der Waals surface area contributed by atoms with Gasteiger partial charge in [0.1, 0.15) is 18.7 Å². The highest BCUT2D eigenvalue weighted by Crippen LogP contribution is 1.90. The average molecular weight is 208 g/mol. The van der Waals surface area contributed by atoms with Crippen LogP contribution in [0.1, 0.15) is 0 Å². The summed E-state index contributed by atoms with van der Waals surface area (Å²) in [5.74, 6) is -1.79. The second-order valence-corrected chi connectivity index (χ2v) is 2.73. The van der Waals surface area contributed by atoms with Gasteiger partial charge in [0.25, 0.3) is 0 Å². The van der Waals surface area contributed by atoms with Crippen LogP contribution >= 0.6 is 12.6 Å². The minimum absolute atomic E-state index is 0.140. The first-order chi connectivity index (χ1) is 5.99. The van der Waals surface area contributed by atoms with Gasteiger partial charge in [-0.25, -0.2) is 0 Å². The molecule has 0 bridgehead atoms. The molecule has 0 fully saturated rings. The van der Waals surface area contributed by atoms with E-state index in [1.807, 2.05) is 0 Å². The second kappa shape index (κ2) is 5.79. The molecule has 6 nitrogen and oxygen atoms in total. The molecule has 2 atom stereocenters. The van der Waals surface area contributed by atoms with Gasteiger partial charge in [-0.05, 0) is 0 Å². The highest BCUT2D eigenvalue weighted by molar-refractivity contribution is 7.80. The van der Waals surface area contributed by atoms with E-state index in [4.69, 9.17) is 16.6 Å². The number of thiol groups is 1. The van der Waals surface area contributed by atoms with Crippen LogP contribution in [-0.2, 0) is 14.3 Å². The summed E-state index contributed by atoms with van der Waals surface area (Å²) in [6.07, 6.45) is 0. The van der Waals surface area contributed by atoms with Crippen LogP contribution in [0.5, 0.6) is 0 Å². The minimum atomic E-state index is -1.23. The molecule has 0 rings (SSSR count). The third kappa shape index (κ3) is 4.71. The largest absolute Gasteiger partial charge is 0.480 e. The van der Waals surface area contributed by atoms with E-state index in [-0.39, 0.29) is 12.4 Å². The fourth-order valence-electron chi connectivity index (χ4n) is 0.425.